The number of likely N-dealkylation sites (tertiary alicyclic amines) is 1. The molecule has 0 aliphatic carbocycles. The minimum absolute atomic E-state index is 0.544. The first kappa shape index (κ1) is 14.0. The fourth-order valence-electron chi connectivity index (χ4n) is 2.21. The van der Waals surface area contributed by atoms with Gasteiger partial charge in [0.1, 0.15) is 0 Å². The Morgan fingerprint density at radius 2 is 2.24 bits per heavy atom. The number of hydrogen-bond donors (Lipinski definition) is 1. The summed E-state index contributed by atoms with van der Waals surface area (Å²) in [6.45, 7) is 8.40. The first-order valence-electron chi connectivity index (χ1n) is 6.64. The van der Waals surface area contributed by atoms with Gasteiger partial charge in [0.15, 0.2) is 0 Å². The van der Waals surface area contributed by atoms with E-state index < -0.39 is 0 Å². The fourth-order valence-corrected chi connectivity index (χ4v) is 2.21. The summed E-state index contributed by atoms with van der Waals surface area (Å²) in [5, 5.41) is 3.44. The number of nitrogens with zero attached hydrogens (tertiary/aromatic N) is 1. The van der Waals surface area contributed by atoms with E-state index in [2.05, 4.69) is 55.1 Å². The highest BCUT2D eigenvalue weighted by atomic mass is 15.2. The number of hydrogen-bond acceptors (Lipinski definition) is 2. The van der Waals surface area contributed by atoms with Gasteiger partial charge in [-0.1, -0.05) is 30.9 Å². The lowest BCUT2D eigenvalue weighted by molar-refractivity contribution is 0.334. The molecular weight excluding hydrogens is 208 g/mol. The monoisotopic (exact) mass is 234 g/mol. The topological polar surface area (TPSA) is 15.3 Å². The molecule has 0 saturated carbocycles. The molecule has 1 rings (SSSR count). The summed E-state index contributed by atoms with van der Waals surface area (Å²) in [5.41, 5.74) is 1.19. The standard InChI is InChI=1S/C15H26N2/c1-4-5-6-7-8-9-12-16-14(2)15-11-10-13-17(15)3/h4-5,7-8,15-16H,2,6,9-13H2,1,3H3/b5-4+,8-7-/t15-/m0/s1. The van der Waals surface area contributed by atoms with E-state index in [4.69, 9.17) is 0 Å². The highest BCUT2D eigenvalue weighted by Crippen LogP contribution is 2.19. The summed E-state index contributed by atoms with van der Waals surface area (Å²) in [4.78, 5) is 2.39. The minimum atomic E-state index is 0.544. The third-order valence-electron chi connectivity index (χ3n) is 3.26. The van der Waals surface area contributed by atoms with E-state index in [1.54, 1.807) is 0 Å². The maximum atomic E-state index is 4.15. The Morgan fingerprint density at radius 3 is 2.88 bits per heavy atom. The van der Waals surface area contributed by atoms with Crippen LogP contribution >= 0.6 is 0 Å². The fraction of sp³-hybridized carbons (Fsp3) is 0.600. The zero-order chi connectivity index (χ0) is 12.5. The Morgan fingerprint density at radius 1 is 1.41 bits per heavy atom. The van der Waals surface area contributed by atoms with Crippen molar-refractivity contribution in [1.29, 1.82) is 0 Å². The van der Waals surface area contributed by atoms with Crippen molar-refractivity contribution in [3.63, 3.8) is 0 Å². The molecule has 96 valence electrons. The molecule has 0 spiro atoms. The highest BCUT2D eigenvalue weighted by Gasteiger charge is 2.22. The SMILES string of the molecule is C=C(NCC/C=C\C/C=C/C)[C@@H]1CCCN1C. The third-order valence-corrected chi connectivity index (χ3v) is 3.26. The molecule has 17 heavy (non-hydrogen) atoms. The van der Waals surface area contributed by atoms with Crippen molar-refractivity contribution in [2.75, 3.05) is 20.1 Å². The van der Waals surface area contributed by atoms with Crippen molar-refractivity contribution in [2.45, 2.75) is 38.6 Å². The van der Waals surface area contributed by atoms with Crippen molar-refractivity contribution in [2.24, 2.45) is 0 Å². The summed E-state index contributed by atoms with van der Waals surface area (Å²) < 4.78 is 0. The van der Waals surface area contributed by atoms with E-state index in [1.165, 1.54) is 25.1 Å². The predicted octanol–water partition coefficient (Wildman–Crippen LogP) is 3.10. The maximum absolute atomic E-state index is 4.15. The van der Waals surface area contributed by atoms with Gasteiger partial charge in [0.25, 0.3) is 0 Å². The van der Waals surface area contributed by atoms with Crippen molar-refractivity contribution < 1.29 is 0 Å². The van der Waals surface area contributed by atoms with Gasteiger partial charge >= 0.3 is 0 Å². The van der Waals surface area contributed by atoms with Crippen LogP contribution in [0.3, 0.4) is 0 Å². The van der Waals surface area contributed by atoms with E-state index >= 15 is 0 Å². The average molecular weight is 234 g/mol. The first-order chi connectivity index (χ1) is 8.25. The van der Waals surface area contributed by atoms with E-state index in [-0.39, 0.29) is 0 Å². The van der Waals surface area contributed by atoms with Gasteiger partial charge in [-0.2, -0.15) is 0 Å². The van der Waals surface area contributed by atoms with Gasteiger partial charge in [-0.3, -0.25) is 4.90 Å². The molecule has 0 bridgehead atoms. The molecule has 0 aromatic heterocycles. The lowest BCUT2D eigenvalue weighted by atomic mass is 10.1. The molecule has 0 aromatic carbocycles. The van der Waals surface area contributed by atoms with E-state index in [0.29, 0.717) is 6.04 Å². The summed E-state index contributed by atoms with van der Waals surface area (Å²) in [7, 11) is 2.18. The second-order valence-electron chi connectivity index (χ2n) is 4.66. The lowest BCUT2D eigenvalue weighted by Crippen LogP contribution is -2.33. The Balaban J connectivity index is 2.10. The molecule has 0 aromatic rings. The van der Waals surface area contributed by atoms with Crippen LogP contribution in [0.5, 0.6) is 0 Å². The molecule has 0 amide bonds. The quantitative estimate of drug-likeness (QED) is 0.538. The number of nitrogens with one attached hydrogen (secondary N) is 1. The van der Waals surface area contributed by atoms with Crippen molar-refractivity contribution >= 4 is 0 Å². The summed E-state index contributed by atoms with van der Waals surface area (Å²) in [6.07, 6.45) is 13.4. The lowest BCUT2D eigenvalue weighted by Gasteiger charge is -2.22. The van der Waals surface area contributed by atoms with Gasteiger partial charge < -0.3 is 5.32 Å². The van der Waals surface area contributed by atoms with Gasteiger partial charge in [0.2, 0.25) is 0 Å². The van der Waals surface area contributed by atoms with Gasteiger partial charge in [-0.05, 0) is 46.2 Å². The zero-order valence-corrected chi connectivity index (χ0v) is 11.3. The maximum Gasteiger partial charge on any atom is 0.0486 e. The summed E-state index contributed by atoms with van der Waals surface area (Å²) in [5.74, 6) is 0. The number of allylic oxidation sites excluding steroid dienone is 3. The molecule has 1 fully saturated rings. The Kier molecular flexibility index (Phi) is 6.71. The predicted molar refractivity (Wildman–Crippen MR) is 76.0 cm³/mol. The molecule has 0 radical (unpaired) electrons. The van der Waals surface area contributed by atoms with Crippen LogP contribution in [0.2, 0.25) is 0 Å². The van der Waals surface area contributed by atoms with Crippen molar-refractivity contribution in [3.05, 3.63) is 36.6 Å². The first-order valence-corrected chi connectivity index (χ1v) is 6.64. The molecule has 2 heteroatoms. The normalized spacial score (nSPS) is 21.6. The summed E-state index contributed by atoms with van der Waals surface area (Å²) >= 11 is 0. The highest BCUT2D eigenvalue weighted by molar-refractivity contribution is 5.06. The molecule has 1 aliphatic rings. The van der Waals surface area contributed by atoms with Crippen LogP contribution in [0.1, 0.15) is 32.6 Å². The van der Waals surface area contributed by atoms with Crippen LogP contribution in [0.4, 0.5) is 0 Å². The van der Waals surface area contributed by atoms with Gasteiger partial charge in [-0.25, -0.2) is 0 Å². The van der Waals surface area contributed by atoms with Crippen LogP contribution in [-0.4, -0.2) is 31.1 Å². The van der Waals surface area contributed by atoms with E-state index in [1.807, 2.05) is 0 Å². The molecule has 0 unspecified atom stereocenters. The van der Waals surface area contributed by atoms with Gasteiger partial charge in [0.05, 0.1) is 0 Å². The van der Waals surface area contributed by atoms with Gasteiger partial charge in [0, 0.05) is 18.3 Å². The molecule has 1 N–H and O–H groups in total. The minimum Gasteiger partial charge on any atom is -0.387 e. The molecule has 2 nitrogen and oxygen atoms in total. The molecule has 1 atom stereocenters. The van der Waals surface area contributed by atoms with Crippen LogP contribution in [0, 0.1) is 0 Å². The van der Waals surface area contributed by atoms with Crippen LogP contribution < -0.4 is 5.32 Å². The Labute approximate surface area is 106 Å². The van der Waals surface area contributed by atoms with E-state index in [9.17, 15) is 0 Å². The number of rotatable bonds is 7. The molecular formula is C15H26N2. The molecule has 1 saturated heterocycles. The summed E-state index contributed by atoms with van der Waals surface area (Å²) in [6, 6.07) is 0.544. The van der Waals surface area contributed by atoms with Crippen LogP contribution in [0.15, 0.2) is 36.6 Å². The number of likely N-dealkylation sites (N-methyl/N-ethyl adjacent to an activating group) is 1. The average Bonchev–Trinajstić information content (AvgIpc) is 2.74. The smallest absolute Gasteiger partial charge is 0.0486 e. The van der Waals surface area contributed by atoms with Crippen molar-refractivity contribution in [1.82, 2.24) is 10.2 Å². The molecule has 1 aliphatic heterocycles. The van der Waals surface area contributed by atoms with Crippen LogP contribution in [0.25, 0.3) is 0 Å². The van der Waals surface area contributed by atoms with E-state index in [0.717, 1.165) is 19.4 Å². The van der Waals surface area contributed by atoms with Gasteiger partial charge in [-0.15, -0.1) is 0 Å². The second-order valence-corrected chi connectivity index (χ2v) is 4.66. The zero-order valence-electron chi connectivity index (χ0n) is 11.3. The second kappa shape index (κ2) is 8.13. The Hall–Kier alpha value is -1.02. The van der Waals surface area contributed by atoms with Crippen molar-refractivity contribution in [3.8, 4) is 0 Å². The third kappa shape index (κ3) is 5.22. The van der Waals surface area contributed by atoms with Crippen LogP contribution in [-0.2, 0) is 0 Å². The molecule has 1 heterocycles. The largest absolute Gasteiger partial charge is 0.387 e. The Bertz CT molecular complexity index is 279.